The molecule has 0 aliphatic rings. The second-order valence-electron chi connectivity index (χ2n) is 7.64. The Bertz CT molecular complexity index is 1220. The summed E-state index contributed by atoms with van der Waals surface area (Å²) in [5.41, 5.74) is 2.10. The minimum absolute atomic E-state index is 0.137. The van der Waals surface area contributed by atoms with E-state index < -0.39 is 17.9 Å². The van der Waals surface area contributed by atoms with Crippen LogP contribution in [0.15, 0.2) is 60.7 Å². The zero-order valence-corrected chi connectivity index (χ0v) is 18.2. The number of aliphatic carboxylic acids is 2. The SMILES string of the molecule is O=C(O)C(CCCCCOc1ccc2cc(-c3nc4ccccc4s3)ccc2c1)C(=O)O. The molecule has 0 unspecified atom stereocenters. The number of rotatable bonds is 10. The van der Waals surface area contributed by atoms with E-state index in [1.54, 1.807) is 11.3 Å². The Hall–Kier alpha value is -3.45. The number of ether oxygens (including phenoxy) is 1. The number of carboxylic acid groups (broad SMARTS) is 2. The van der Waals surface area contributed by atoms with Crippen LogP contribution < -0.4 is 4.74 Å². The highest BCUT2D eigenvalue weighted by molar-refractivity contribution is 7.21. The minimum Gasteiger partial charge on any atom is -0.494 e. The molecule has 32 heavy (non-hydrogen) atoms. The summed E-state index contributed by atoms with van der Waals surface area (Å²) in [4.78, 5) is 26.5. The maximum atomic E-state index is 10.9. The van der Waals surface area contributed by atoms with E-state index in [1.165, 1.54) is 4.70 Å². The van der Waals surface area contributed by atoms with Crippen LogP contribution in [0.5, 0.6) is 5.75 Å². The molecule has 0 spiro atoms. The molecule has 2 N–H and O–H groups in total. The van der Waals surface area contributed by atoms with Gasteiger partial charge in [-0.05, 0) is 53.9 Å². The number of thiazole rings is 1. The van der Waals surface area contributed by atoms with Crippen LogP contribution in [0.2, 0.25) is 0 Å². The lowest BCUT2D eigenvalue weighted by Gasteiger charge is -2.09. The fraction of sp³-hybridized carbons (Fsp3) is 0.240. The Morgan fingerprint density at radius 3 is 2.44 bits per heavy atom. The molecule has 4 rings (SSSR count). The van der Waals surface area contributed by atoms with Crippen LogP contribution in [-0.2, 0) is 9.59 Å². The van der Waals surface area contributed by atoms with Gasteiger partial charge in [-0.1, -0.05) is 43.2 Å². The van der Waals surface area contributed by atoms with Crippen molar-refractivity contribution >= 4 is 44.3 Å². The number of benzene rings is 3. The fourth-order valence-corrected chi connectivity index (χ4v) is 4.57. The van der Waals surface area contributed by atoms with Crippen molar-refractivity contribution in [3.05, 3.63) is 60.7 Å². The first-order valence-electron chi connectivity index (χ1n) is 10.5. The second-order valence-corrected chi connectivity index (χ2v) is 8.67. The summed E-state index contributed by atoms with van der Waals surface area (Å²) in [6, 6.07) is 20.4. The Balaban J connectivity index is 1.32. The van der Waals surface area contributed by atoms with Gasteiger partial charge in [0.15, 0.2) is 5.92 Å². The van der Waals surface area contributed by atoms with Gasteiger partial charge >= 0.3 is 11.9 Å². The van der Waals surface area contributed by atoms with Gasteiger partial charge in [-0.15, -0.1) is 11.3 Å². The number of nitrogens with zero attached hydrogens (tertiary/aromatic N) is 1. The second kappa shape index (κ2) is 9.78. The first-order chi connectivity index (χ1) is 15.5. The highest BCUT2D eigenvalue weighted by atomic mass is 32.1. The van der Waals surface area contributed by atoms with Gasteiger partial charge in [0.05, 0.1) is 16.8 Å². The summed E-state index contributed by atoms with van der Waals surface area (Å²) in [5, 5.41) is 21.0. The lowest BCUT2D eigenvalue weighted by Crippen LogP contribution is -2.23. The van der Waals surface area contributed by atoms with Crippen LogP contribution in [0, 0.1) is 5.92 Å². The standard InChI is InChI=1S/C25H23NO5S/c27-24(28)20(25(29)30)6-2-1-5-13-31-19-12-11-16-14-18(10-9-17(16)15-19)23-26-21-7-3-4-8-22(21)32-23/h3-4,7-12,14-15,20H,1-2,5-6,13H2,(H,27,28)(H,29,30). The van der Waals surface area contributed by atoms with E-state index in [-0.39, 0.29) is 6.42 Å². The number of hydrogen-bond acceptors (Lipinski definition) is 5. The monoisotopic (exact) mass is 449 g/mol. The average molecular weight is 450 g/mol. The molecule has 6 nitrogen and oxygen atoms in total. The van der Waals surface area contributed by atoms with Crippen LogP contribution in [0.1, 0.15) is 25.7 Å². The van der Waals surface area contributed by atoms with Crippen LogP contribution >= 0.6 is 11.3 Å². The van der Waals surface area contributed by atoms with E-state index in [0.717, 1.165) is 45.5 Å². The Morgan fingerprint density at radius 2 is 1.66 bits per heavy atom. The molecule has 7 heteroatoms. The maximum absolute atomic E-state index is 10.9. The molecule has 1 heterocycles. The van der Waals surface area contributed by atoms with E-state index in [0.29, 0.717) is 13.0 Å². The summed E-state index contributed by atoms with van der Waals surface area (Å²) >= 11 is 1.68. The molecule has 3 aromatic carbocycles. The predicted molar refractivity (Wildman–Crippen MR) is 125 cm³/mol. The molecule has 0 saturated carbocycles. The molecule has 1 aromatic heterocycles. The summed E-state index contributed by atoms with van der Waals surface area (Å²) in [5.74, 6) is -3.12. The Labute approximate surface area is 189 Å². The smallest absolute Gasteiger partial charge is 0.317 e. The molecule has 164 valence electrons. The van der Waals surface area contributed by atoms with Crippen LogP contribution in [0.25, 0.3) is 31.6 Å². The highest BCUT2D eigenvalue weighted by Crippen LogP contribution is 2.32. The van der Waals surface area contributed by atoms with E-state index in [1.807, 2.05) is 36.4 Å². The predicted octanol–water partition coefficient (Wildman–Crippen LogP) is 5.84. The third kappa shape index (κ3) is 5.06. The average Bonchev–Trinajstić information content (AvgIpc) is 3.22. The fourth-order valence-electron chi connectivity index (χ4n) is 3.61. The van der Waals surface area contributed by atoms with Crippen LogP contribution in [0.4, 0.5) is 0 Å². The third-order valence-electron chi connectivity index (χ3n) is 5.35. The molecule has 0 amide bonds. The summed E-state index contributed by atoms with van der Waals surface area (Å²) in [6.07, 6.45) is 2.13. The van der Waals surface area contributed by atoms with Gasteiger partial charge in [-0.25, -0.2) is 4.98 Å². The van der Waals surface area contributed by atoms with Crippen molar-refractivity contribution in [3.8, 4) is 16.3 Å². The number of unbranched alkanes of at least 4 members (excludes halogenated alkanes) is 2. The molecule has 4 aromatic rings. The highest BCUT2D eigenvalue weighted by Gasteiger charge is 2.24. The van der Waals surface area contributed by atoms with Crippen molar-refractivity contribution in [2.75, 3.05) is 6.61 Å². The van der Waals surface area contributed by atoms with E-state index in [2.05, 4.69) is 24.3 Å². The van der Waals surface area contributed by atoms with Crippen LogP contribution in [0.3, 0.4) is 0 Å². The Kier molecular flexibility index (Phi) is 6.66. The molecule has 0 aliphatic carbocycles. The lowest BCUT2D eigenvalue weighted by molar-refractivity contribution is -0.154. The van der Waals surface area contributed by atoms with Gasteiger partial charge < -0.3 is 14.9 Å². The summed E-state index contributed by atoms with van der Waals surface area (Å²) < 4.78 is 7.00. The van der Waals surface area contributed by atoms with Crippen molar-refractivity contribution in [3.63, 3.8) is 0 Å². The van der Waals surface area contributed by atoms with Gasteiger partial charge in [0, 0.05) is 5.56 Å². The number of carbonyl (C=O) groups is 2. The molecule has 0 fully saturated rings. The van der Waals surface area contributed by atoms with Crippen LogP contribution in [-0.4, -0.2) is 33.7 Å². The number of para-hydroxylation sites is 1. The van der Waals surface area contributed by atoms with Gasteiger partial charge in [0.2, 0.25) is 0 Å². The molecule has 0 bridgehead atoms. The van der Waals surface area contributed by atoms with Crippen molar-refractivity contribution in [2.45, 2.75) is 25.7 Å². The summed E-state index contributed by atoms with van der Waals surface area (Å²) in [7, 11) is 0. The van der Waals surface area contributed by atoms with Gasteiger partial charge in [0.1, 0.15) is 10.8 Å². The van der Waals surface area contributed by atoms with E-state index >= 15 is 0 Å². The first-order valence-corrected chi connectivity index (χ1v) is 11.3. The number of carboxylic acids is 2. The van der Waals surface area contributed by atoms with Gasteiger partial charge in [-0.3, -0.25) is 9.59 Å². The quantitative estimate of drug-likeness (QED) is 0.233. The van der Waals surface area contributed by atoms with Gasteiger partial charge in [-0.2, -0.15) is 0 Å². The number of hydrogen-bond donors (Lipinski definition) is 2. The first kappa shape index (κ1) is 21.8. The van der Waals surface area contributed by atoms with Gasteiger partial charge in [0.25, 0.3) is 0 Å². The minimum atomic E-state index is -1.33. The lowest BCUT2D eigenvalue weighted by atomic mass is 10.0. The third-order valence-corrected chi connectivity index (χ3v) is 6.44. The largest absolute Gasteiger partial charge is 0.494 e. The molecule has 0 atom stereocenters. The van der Waals surface area contributed by atoms with E-state index in [4.69, 9.17) is 19.9 Å². The molecular weight excluding hydrogens is 426 g/mol. The molecular formula is C25H23NO5S. The topological polar surface area (TPSA) is 96.7 Å². The Morgan fingerprint density at radius 1 is 0.906 bits per heavy atom. The normalized spacial score (nSPS) is 11.3. The van der Waals surface area contributed by atoms with Crippen molar-refractivity contribution in [1.29, 1.82) is 0 Å². The summed E-state index contributed by atoms with van der Waals surface area (Å²) in [6.45, 7) is 0.500. The van der Waals surface area contributed by atoms with Crippen molar-refractivity contribution in [1.82, 2.24) is 4.98 Å². The maximum Gasteiger partial charge on any atom is 0.317 e. The molecule has 0 radical (unpaired) electrons. The molecule has 0 aliphatic heterocycles. The number of fused-ring (bicyclic) bond motifs is 2. The zero-order valence-electron chi connectivity index (χ0n) is 17.4. The van der Waals surface area contributed by atoms with E-state index in [9.17, 15) is 9.59 Å². The zero-order chi connectivity index (χ0) is 22.5. The van der Waals surface area contributed by atoms with Crippen molar-refractivity contribution < 1.29 is 24.5 Å². The van der Waals surface area contributed by atoms with Crippen molar-refractivity contribution in [2.24, 2.45) is 5.92 Å². The molecule has 0 saturated heterocycles. The number of aromatic nitrogens is 1.